The zero-order chi connectivity index (χ0) is 22.7. The summed E-state index contributed by atoms with van der Waals surface area (Å²) < 4.78 is 18.5. The first-order valence-electron chi connectivity index (χ1n) is 10.2. The quantitative estimate of drug-likeness (QED) is 0.527. The van der Waals surface area contributed by atoms with E-state index < -0.39 is 17.4 Å². The first kappa shape index (κ1) is 21.4. The third-order valence-corrected chi connectivity index (χ3v) is 5.72. The largest absolute Gasteiger partial charge is 0.495 e. The molecule has 164 valence electrons. The van der Waals surface area contributed by atoms with Crippen molar-refractivity contribution in [3.63, 3.8) is 0 Å². The smallest absolute Gasteiger partial charge is 0.330 e. The fourth-order valence-electron chi connectivity index (χ4n) is 3.98. The van der Waals surface area contributed by atoms with E-state index in [0.29, 0.717) is 23.5 Å². The number of carbonyl (C=O) groups is 2. The Labute approximate surface area is 185 Å². The molecule has 0 radical (unpaired) electrons. The number of fused-ring (bicyclic) bond motifs is 1. The molecular weight excluding hydrogens is 411 g/mol. The second-order valence-corrected chi connectivity index (χ2v) is 7.86. The molecule has 3 aromatic rings. The molecule has 0 saturated carbocycles. The predicted molar refractivity (Wildman–Crippen MR) is 118 cm³/mol. The van der Waals surface area contributed by atoms with Crippen LogP contribution in [0, 0.1) is 5.82 Å². The lowest BCUT2D eigenvalue weighted by Gasteiger charge is -2.25. The Morgan fingerprint density at radius 3 is 2.28 bits per heavy atom. The number of anilines is 1. The van der Waals surface area contributed by atoms with E-state index in [0.717, 1.165) is 16.7 Å². The molecule has 32 heavy (non-hydrogen) atoms. The number of aliphatic carboxylic acids is 1. The van der Waals surface area contributed by atoms with Crippen LogP contribution in [0.1, 0.15) is 27.0 Å². The fourth-order valence-corrected chi connectivity index (χ4v) is 3.98. The monoisotopic (exact) mass is 434 g/mol. The van der Waals surface area contributed by atoms with Crippen molar-refractivity contribution in [2.24, 2.45) is 0 Å². The van der Waals surface area contributed by atoms with E-state index in [2.05, 4.69) is 10.6 Å². The van der Waals surface area contributed by atoms with Gasteiger partial charge in [-0.2, -0.15) is 0 Å². The van der Waals surface area contributed by atoms with Crippen molar-refractivity contribution in [1.82, 2.24) is 5.32 Å². The highest BCUT2D eigenvalue weighted by atomic mass is 19.1. The minimum absolute atomic E-state index is 0.232. The molecule has 3 N–H and O–H groups in total. The van der Waals surface area contributed by atoms with Crippen molar-refractivity contribution in [2.75, 3.05) is 12.4 Å². The molecule has 4 rings (SSSR count). The Balaban J connectivity index is 1.53. The summed E-state index contributed by atoms with van der Waals surface area (Å²) in [5, 5.41) is 15.9. The van der Waals surface area contributed by atoms with Crippen LogP contribution in [0.15, 0.2) is 66.7 Å². The van der Waals surface area contributed by atoms with Crippen LogP contribution in [0.3, 0.4) is 0 Å². The number of hydrogen-bond donors (Lipinski definition) is 3. The molecule has 7 heteroatoms. The van der Waals surface area contributed by atoms with Gasteiger partial charge in [0.1, 0.15) is 17.1 Å². The Kier molecular flexibility index (Phi) is 5.81. The minimum Gasteiger partial charge on any atom is -0.495 e. The zero-order valence-corrected chi connectivity index (χ0v) is 17.5. The van der Waals surface area contributed by atoms with Crippen LogP contribution in [0.2, 0.25) is 0 Å². The van der Waals surface area contributed by atoms with Crippen molar-refractivity contribution in [3.8, 4) is 5.75 Å². The maximum atomic E-state index is 13.1. The van der Waals surface area contributed by atoms with Gasteiger partial charge in [0.15, 0.2) is 0 Å². The van der Waals surface area contributed by atoms with Gasteiger partial charge in [0.2, 0.25) is 0 Å². The van der Waals surface area contributed by atoms with Crippen LogP contribution in [-0.4, -0.2) is 29.6 Å². The molecule has 0 aromatic heterocycles. The maximum absolute atomic E-state index is 13.1. The molecule has 1 amide bonds. The summed E-state index contributed by atoms with van der Waals surface area (Å²) in [4.78, 5) is 25.2. The summed E-state index contributed by atoms with van der Waals surface area (Å²) in [6, 6.07) is 18.4. The van der Waals surface area contributed by atoms with Crippen LogP contribution in [0.25, 0.3) is 0 Å². The summed E-state index contributed by atoms with van der Waals surface area (Å²) in [5.41, 5.74) is 2.20. The number of halogens is 1. The van der Waals surface area contributed by atoms with Gasteiger partial charge in [-0.25, -0.2) is 9.18 Å². The number of carbonyl (C=O) groups excluding carboxylic acids is 1. The van der Waals surface area contributed by atoms with Gasteiger partial charge in [-0.1, -0.05) is 36.4 Å². The number of carboxylic acid groups (broad SMARTS) is 1. The normalized spacial score (nSPS) is 13.8. The molecule has 0 unspecified atom stereocenters. The van der Waals surface area contributed by atoms with Gasteiger partial charge in [0, 0.05) is 24.9 Å². The highest BCUT2D eigenvalue weighted by Gasteiger charge is 2.45. The Morgan fingerprint density at radius 1 is 1.03 bits per heavy atom. The Bertz CT molecular complexity index is 1140. The molecule has 0 spiro atoms. The van der Waals surface area contributed by atoms with E-state index in [1.807, 2.05) is 24.3 Å². The molecule has 0 bridgehead atoms. The molecule has 0 saturated heterocycles. The van der Waals surface area contributed by atoms with Crippen LogP contribution in [-0.2, 0) is 24.2 Å². The second-order valence-electron chi connectivity index (χ2n) is 7.86. The molecule has 6 nitrogen and oxygen atoms in total. The van der Waals surface area contributed by atoms with Crippen LogP contribution >= 0.6 is 0 Å². The van der Waals surface area contributed by atoms with Crippen molar-refractivity contribution in [2.45, 2.75) is 24.9 Å². The van der Waals surface area contributed by atoms with E-state index in [-0.39, 0.29) is 18.7 Å². The first-order valence-corrected chi connectivity index (χ1v) is 10.2. The molecule has 1 aliphatic rings. The second kappa shape index (κ2) is 8.70. The lowest BCUT2D eigenvalue weighted by molar-refractivity contribution is -0.144. The van der Waals surface area contributed by atoms with Crippen molar-refractivity contribution >= 4 is 17.6 Å². The Hall–Kier alpha value is -3.87. The number of rotatable bonds is 7. The summed E-state index contributed by atoms with van der Waals surface area (Å²) in [7, 11) is 1.52. The molecule has 1 aliphatic carbocycles. The van der Waals surface area contributed by atoms with Gasteiger partial charge in [-0.05, 0) is 47.0 Å². The third kappa shape index (κ3) is 4.27. The number of benzene rings is 3. The van der Waals surface area contributed by atoms with Gasteiger partial charge < -0.3 is 20.5 Å². The summed E-state index contributed by atoms with van der Waals surface area (Å²) in [5.74, 6) is -1.32. The number of carboxylic acids is 1. The zero-order valence-electron chi connectivity index (χ0n) is 17.5. The number of amides is 1. The standard InChI is InChI=1S/C25H23FN2O4/c1-32-22-11-8-17(12-21(22)27-15-16-6-9-20(26)10-7-16)23(29)28-25(24(30)31)13-18-4-2-3-5-19(18)14-25/h2-12,27H,13-15H2,1H3,(H,28,29)(H,30,31). The van der Waals surface area contributed by atoms with E-state index in [9.17, 15) is 19.1 Å². The number of methoxy groups -OCH3 is 1. The number of nitrogens with one attached hydrogen (secondary N) is 2. The first-order chi connectivity index (χ1) is 15.4. The topological polar surface area (TPSA) is 87.7 Å². The highest BCUT2D eigenvalue weighted by molar-refractivity contribution is 5.99. The van der Waals surface area contributed by atoms with Crippen LogP contribution in [0.4, 0.5) is 10.1 Å². The summed E-state index contributed by atoms with van der Waals surface area (Å²) in [6.45, 7) is 0.399. The summed E-state index contributed by atoms with van der Waals surface area (Å²) >= 11 is 0. The van der Waals surface area contributed by atoms with Gasteiger partial charge in [-0.15, -0.1) is 0 Å². The van der Waals surface area contributed by atoms with Crippen molar-refractivity contribution in [1.29, 1.82) is 0 Å². The minimum atomic E-state index is -1.39. The molecule has 0 fully saturated rings. The van der Waals surface area contributed by atoms with E-state index in [1.165, 1.54) is 19.2 Å². The van der Waals surface area contributed by atoms with Gasteiger partial charge in [-0.3, -0.25) is 4.79 Å². The van der Waals surface area contributed by atoms with E-state index >= 15 is 0 Å². The highest BCUT2D eigenvalue weighted by Crippen LogP contribution is 2.31. The molecule has 0 heterocycles. The number of hydrogen-bond acceptors (Lipinski definition) is 4. The summed E-state index contributed by atoms with van der Waals surface area (Å²) in [6.07, 6.45) is 0.464. The van der Waals surface area contributed by atoms with Crippen molar-refractivity contribution in [3.05, 3.63) is 94.8 Å². The third-order valence-electron chi connectivity index (χ3n) is 5.72. The predicted octanol–water partition coefficient (Wildman–Crippen LogP) is 3.80. The van der Waals surface area contributed by atoms with Crippen molar-refractivity contribution < 1.29 is 23.8 Å². The average Bonchev–Trinajstić information content (AvgIpc) is 3.18. The van der Waals surface area contributed by atoms with Crippen LogP contribution in [0.5, 0.6) is 5.75 Å². The van der Waals surface area contributed by atoms with Gasteiger partial charge in [0.25, 0.3) is 5.91 Å². The van der Waals surface area contributed by atoms with Gasteiger partial charge in [0.05, 0.1) is 12.8 Å². The SMILES string of the molecule is COc1ccc(C(=O)NC2(C(=O)O)Cc3ccccc3C2)cc1NCc1ccc(F)cc1. The van der Waals surface area contributed by atoms with Gasteiger partial charge >= 0.3 is 5.97 Å². The number of ether oxygens (including phenoxy) is 1. The molecule has 3 aromatic carbocycles. The van der Waals surface area contributed by atoms with E-state index in [1.54, 1.807) is 30.3 Å². The fraction of sp³-hybridized carbons (Fsp3) is 0.200. The van der Waals surface area contributed by atoms with Crippen LogP contribution < -0.4 is 15.4 Å². The van der Waals surface area contributed by atoms with E-state index in [4.69, 9.17) is 4.74 Å². The Morgan fingerprint density at radius 2 is 1.69 bits per heavy atom. The molecule has 0 atom stereocenters. The molecular formula is C25H23FN2O4. The maximum Gasteiger partial charge on any atom is 0.330 e. The lowest BCUT2D eigenvalue weighted by Crippen LogP contribution is -2.55. The average molecular weight is 434 g/mol. The lowest BCUT2D eigenvalue weighted by atomic mass is 9.95. The molecule has 0 aliphatic heterocycles.